The lowest BCUT2D eigenvalue weighted by Crippen LogP contribution is -2.11. The van der Waals surface area contributed by atoms with E-state index in [4.69, 9.17) is 5.11 Å². The number of aliphatic carboxylic acids is 1. The number of carboxylic acids is 1. The first kappa shape index (κ1) is 12.2. The zero-order chi connectivity index (χ0) is 12.1. The Hall–Kier alpha value is -1.85. The summed E-state index contributed by atoms with van der Waals surface area (Å²) in [5, 5.41) is 15.3. The first-order chi connectivity index (χ1) is 7.54. The molecule has 0 atom stereocenters. The number of anilines is 1. The molecular weight excluding hydrogens is 210 g/mol. The third kappa shape index (κ3) is 3.08. The van der Waals surface area contributed by atoms with Crippen LogP contribution in [0.5, 0.6) is 0 Å². The Labute approximate surface area is 93.3 Å². The molecule has 0 fully saturated rings. The van der Waals surface area contributed by atoms with Crippen LogP contribution in [0.3, 0.4) is 0 Å². The molecule has 1 amide bonds. The third-order valence-electron chi connectivity index (χ3n) is 2.13. The number of aromatic nitrogens is 2. The molecule has 0 saturated carbocycles. The number of carboxylic acid groups (broad SMARTS) is 1. The zero-order valence-electron chi connectivity index (χ0n) is 9.36. The molecule has 1 aromatic heterocycles. The number of nitrogens with one attached hydrogen (secondary N) is 1. The number of hydrogen-bond donors (Lipinski definition) is 2. The van der Waals surface area contributed by atoms with Crippen LogP contribution in [0.2, 0.25) is 0 Å². The second-order valence-corrected chi connectivity index (χ2v) is 3.40. The summed E-state index contributed by atoms with van der Waals surface area (Å²) in [5.74, 6) is -1.05. The average Bonchev–Trinajstić information content (AvgIpc) is 2.56. The van der Waals surface area contributed by atoms with Gasteiger partial charge in [0, 0.05) is 19.9 Å². The van der Waals surface area contributed by atoms with Crippen LogP contribution in [0.25, 0.3) is 0 Å². The molecule has 0 aromatic carbocycles. The smallest absolute Gasteiger partial charge is 0.303 e. The molecule has 88 valence electrons. The molecule has 6 heteroatoms. The van der Waals surface area contributed by atoms with Crippen molar-refractivity contribution in [1.82, 2.24) is 9.78 Å². The van der Waals surface area contributed by atoms with Crippen molar-refractivity contribution in [3.05, 3.63) is 11.9 Å². The fourth-order valence-electron chi connectivity index (χ4n) is 1.47. The molecule has 0 aliphatic rings. The second kappa shape index (κ2) is 5.29. The molecule has 0 unspecified atom stereocenters. The van der Waals surface area contributed by atoms with Crippen molar-refractivity contribution in [1.29, 1.82) is 0 Å². The Morgan fingerprint density at radius 2 is 2.25 bits per heavy atom. The third-order valence-corrected chi connectivity index (χ3v) is 2.13. The van der Waals surface area contributed by atoms with Crippen molar-refractivity contribution in [3.63, 3.8) is 0 Å². The Morgan fingerprint density at radius 3 is 2.75 bits per heavy atom. The summed E-state index contributed by atoms with van der Waals surface area (Å²) in [6, 6.07) is 0. The van der Waals surface area contributed by atoms with Gasteiger partial charge < -0.3 is 10.4 Å². The van der Waals surface area contributed by atoms with E-state index in [0.717, 1.165) is 5.69 Å². The lowest BCUT2D eigenvalue weighted by atomic mass is 10.2. The molecular formula is C10H15N3O3. The van der Waals surface area contributed by atoms with Gasteiger partial charge in [0.05, 0.1) is 24.0 Å². The van der Waals surface area contributed by atoms with E-state index in [2.05, 4.69) is 10.4 Å². The number of carbonyl (C=O) groups excluding carboxylic acids is 1. The monoisotopic (exact) mass is 225 g/mol. The van der Waals surface area contributed by atoms with Gasteiger partial charge in [0.1, 0.15) is 0 Å². The molecule has 0 aliphatic heterocycles. The van der Waals surface area contributed by atoms with Crippen molar-refractivity contribution >= 4 is 17.6 Å². The van der Waals surface area contributed by atoms with Crippen LogP contribution in [0.1, 0.15) is 26.0 Å². The normalized spacial score (nSPS) is 10.1. The van der Waals surface area contributed by atoms with E-state index in [-0.39, 0.29) is 12.3 Å². The summed E-state index contributed by atoms with van der Waals surface area (Å²) >= 11 is 0. The lowest BCUT2D eigenvalue weighted by Gasteiger charge is -2.06. The molecule has 1 aromatic rings. The lowest BCUT2D eigenvalue weighted by molar-refractivity contribution is -0.137. The number of hydrogen-bond acceptors (Lipinski definition) is 3. The first-order valence-electron chi connectivity index (χ1n) is 5.08. The molecule has 6 nitrogen and oxygen atoms in total. The highest BCUT2D eigenvalue weighted by Gasteiger charge is 2.12. The summed E-state index contributed by atoms with van der Waals surface area (Å²) in [4.78, 5) is 21.4. The average molecular weight is 225 g/mol. The van der Waals surface area contributed by atoms with E-state index >= 15 is 0 Å². The fourth-order valence-corrected chi connectivity index (χ4v) is 1.47. The minimum atomic E-state index is -0.863. The van der Waals surface area contributed by atoms with Crippen molar-refractivity contribution in [2.24, 2.45) is 0 Å². The number of nitrogens with zero attached hydrogens (tertiary/aromatic N) is 2. The van der Waals surface area contributed by atoms with Gasteiger partial charge in [-0.25, -0.2) is 0 Å². The number of amides is 1. The Morgan fingerprint density at radius 1 is 1.56 bits per heavy atom. The maximum absolute atomic E-state index is 10.9. The van der Waals surface area contributed by atoms with Gasteiger partial charge in [0.25, 0.3) is 0 Å². The second-order valence-electron chi connectivity index (χ2n) is 3.40. The Kier molecular flexibility index (Phi) is 4.04. The highest BCUT2D eigenvalue weighted by Crippen LogP contribution is 2.16. The van der Waals surface area contributed by atoms with Gasteiger partial charge in [-0.2, -0.15) is 5.10 Å². The van der Waals surface area contributed by atoms with Gasteiger partial charge in [0.15, 0.2) is 0 Å². The van der Waals surface area contributed by atoms with Crippen LogP contribution in [0, 0.1) is 0 Å². The van der Waals surface area contributed by atoms with Crippen LogP contribution in [-0.4, -0.2) is 26.8 Å². The van der Waals surface area contributed by atoms with Crippen LogP contribution in [0.4, 0.5) is 5.69 Å². The number of rotatable bonds is 5. The summed E-state index contributed by atoms with van der Waals surface area (Å²) in [6.45, 7) is 3.97. The van der Waals surface area contributed by atoms with Crippen molar-refractivity contribution < 1.29 is 14.7 Å². The van der Waals surface area contributed by atoms with Gasteiger partial charge in [-0.1, -0.05) is 0 Å². The number of carbonyl (C=O) groups is 2. The summed E-state index contributed by atoms with van der Waals surface area (Å²) < 4.78 is 1.69. The maximum Gasteiger partial charge on any atom is 0.303 e. The van der Waals surface area contributed by atoms with E-state index < -0.39 is 5.97 Å². The molecule has 1 rings (SSSR count). The van der Waals surface area contributed by atoms with Gasteiger partial charge in [-0.05, 0) is 6.92 Å². The molecule has 2 N–H and O–H groups in total. The SMILES string of the molecule is CCn1ncc(NC(C)=O)c1CCC(=O)O. The van der Waals surface area contributed by atoms with Crippen LogP contribution >= 0.6 is 0 Å². The van der Waals surface area contributed by atoms with Crippen molar-refractivity contribution in [3.8, 4) is 0 Å². The Bertz CT molecular complexity index is 398. The Balaban J connectivity index is 2.87. The molecule has 0 radical (unpaired) electrons. The fraction of sp³-hybridized carbons (Fsp3) is 0.500. The highest BCUT2D eigenvalue weighted by molar-refractivity contribution is 5.89. The quantitative estimate of drug-likeness (QED) is 0.779. The molecule has 0 spiro atoms. The van der Waals surface area contributed by atoms with Crippen molar-refractivity contribution in [2.45, 2.75) is 33.2 Å². The van der Waals surface area contributed by atoms with E-state index in [0.29, 0.717) is 18.7 Å². The van der Waals surface area contributed by atoms with E-state index in [1.165, 1.54) is 6.92 Å². The standard InChI is InChI=1S/C10H15N3O3/c1-3-13-9(4-5-10(15)16)8(6-11-13)12-7(2)14/h6H,3-5H2,1-2H3,(H,12,14)(H,15,16). The first-order valence-corrected chi connectivity index (χ1v) is 5.08. The molecule has 1 heterocycles. The van der Waals surface area contributed by atoms with Gasteiger partial charge in [-0.15, -0.1) is 0 Å². The van der Waals surface area contributed by atoms with Gasteiger partial charge in [-0.3, -0.25) is 14.3 Å². The minimum Gasteiger partial charge on any atom is -0.481 e. The zero-order valence-corrected chi connectivity index (χ0v) is 9.36. The number of aryl methyl sites for hydroxylation is 1. The van der Waals surface area contributed by atoms with Crippen LogP contribution < -0.4 is 5.32 Å². The van der Waals surface area contributed by atoms with E-state index in [1.807, 2.05) is 6.92 Å². The van der Waals surface area contributed by atoms with Gasteiger partial charge >= 0.3 is 5.97 Å². The van der Waals surface area contributed by atoms with Gasteiger partial charge in [0.2, 0.25) is 5.91 Å². The summed E-state index contributed by atoms with van der Waals surface area (Å²) in [6.07, 6.45) is 1.93. The topological polar surface area (TPSA) is 84.2 Å². The highest BCUT2D eigenvalue weighted by atomic mass is 16.4. The molecule has 0 saturated heterocycles. The maximum atomic E-state index is 10.9. The van der Waals surface area contributed by atoms with Crippen LogP contribution in [0.15, 0.2) is 6.20 Å². The minimum absolute atomic E-state index is 0.0261. The molecule has 0 bridgehead atoms. The summed E-state index contributed by atoms with van der Waals surface area (Å²) in [7, 11) is 0. The van der Waals surface area contributed by atoms with E-state index in [1.54, 1.807) is 10.9 Å². The van der Waals surface area contributed by atoms with E-state index in [9.17, 15) is 9.59 Å². The predicted octanol–water partition coefficient (Wildman–Crippen LogP) is 0.879. The summed E-state index contributed by atoms with van der Waals surface area (Å²) in [5.41, 5.74) is 1.34. The predicted molar refractivity (Wildman–Crippen MR) is 58.2 cm³/mol. The largest absolute Gasteiger partial charge is 0.481 e. The van der Waals surface area contributed by atoms with Crippen molar-refractivity contribution in [2.75, 3.05) is 5.32 Å². The van der Waals surface area contributed by atoms with Crippen LogP contribution in [-0.2, 0) is 22.6 Å². The molecule has 0 aliphatic carbocycles. The molecule has 16 heavy (non-hydrogen) atoms.